The lowest BCUT2D eigenvalue weighted by Crippen LogP contribution is -2.46. The minimum absolute atomic E-state index is 0.00265. The fraction of sp³-hybridized carbons (Fsp3) is 0.538. The van der Waals surface area contributed by atoms with Gasteiger partial charge in [0, 0.05) is 6.42 Å². The van der Waals surface area contributed by atoms with Crippen molar-refractivity contribution >= 4 is 0 Å². The zero-order valence-electron chi connectivity index (χ0n) is 18.8. The van der Waals surface area contributed by atoms with E-state index < -0.39 is 6.10 Å². The molecule has 5 nitrogen and oxygen atoms in total. The van der Waals surface area contributed by atoms with Crippen LogP contribution in [0.5, 0.6) is 0 Å². The summed E-state index contributed by atoms with van der Waals surface area (Å²) in [5.41, 5.74) is 2.29. The van der Waals surface area contributed by atoms with E-state index in [0.29, 0.717) is 19.8 Å². The van der Waals surface area contributed by atoms with E-state index in [1.54, 1.807) is 0 Å². The Kier molecular flexibility index (Phi) is 9.97. The zero-order chi connectivity index (χ0) is 21.9. The van der Waals surface area contributed by atoms with Gasteiger partial charge in [0.1, 0.15) is 6.10 Å². The van der Waals surface area contributed by atoms with Crippen LogP contribution in [-0.2, 0) is 27.4 Å². The second kappa shape index (κ2) is 12.9. The molecule has 0 spiro atoms. The van der Waals surface area contributed by atoms with Crippen LogP contribution < -0.4 is 5.32 Å². The topological polar surface area (TPSA) is 60.0 Å². The normalized spacial score (nSPS) is 24.4. The molecule has 0 radical (unpaired) electrons. The van der Waals surface area contributed by atoms with Crippen molar-refractivity contribution in [3.63, 3.8) is 0 Å². The number of hydrogen-bond acceptors (Lipinski definition) is 5. The SMILES string of the molecule is CCCCC(O)COC1C(OCc2ccccc2)CC(OCc2ccccc2)C1NC. The molecule has 1 fully saturated rings. The zero-order valence-corrected chi connectivity index (χ0v) is 18.8. The summed E-state index contributed by atoms with van der Waals surface area (Å²) >= 11 is 0. The van der Waals surface area contributed by atoms with Crippen molar-refractivity contribution in [3.05, 3.63) is 71.8 Å². The number of likely N-dealkylation sites (N-methyl/N-ethyl adjacent to an activating group) is 1. The molecule has 3 rings (SSSR count). The molecular weight excluding hydrogens is 390 g/mol. The van der Waals surface area contributed by atoms with E-state index in [9.17, 15) is 5.11 Å². The molecule has 5 atom stereocenters. The predicted molar refractivity (Wildman–Crippen MR) is 123 cm³/mol. The molecule has 1 saturated carbocycles. The third kappa shape index (κ3) is 7.41. The molecule has 0 saturated heterocycles. The minimum Gasteiger partial charge on any atom is -0.391 e. The van der Waals surface area contributed by atoms with E-state index in [1.807, 2.05) is 43.4 Å². The molecule has 5 unspecified atom stereocenters. The maximum atomic E-state index is 10.3. The maximum Gasteiger partial charge on any atom is 0.102 e. The number of rotatable bonds is 13. The van der Waals surface area contributed by atoms with Gasteiger partial charge in [-0.15, -0.1) is 0 Å². The van der Waals surface area contributed by atoms with Gasteiger partial charge in [-0.1, -0.05) is 80.4 Å². The van der Waals surface area contributed by atoms with Gasteiger partial charge in [-0.25, -0.2) is 0 Å². The Balaban J connectivity index is 1.63. The number of nitrogens with one attached hydrogen (secondary N) is 1. The smallest absolute Gasteiger partial charge is 0.102 e. The summed E-state index contributed by atoms with van der Waals surface area (Å²) in [6.45, 7) is 3.54. The van der Waals surface area contributed by atoms with Crippen LogP contribution in [0.4, 0.5) is 0 Å². The molecule has 31 heavy (non-hydrogen) atoms. The third-order valence-corrected chi connectivity index (χ3v) is 5.90. The number of unbranched alkanes of at least 4 members (excludes halogenated alkanes) is 1. The van der Waals surface area contributed by atoms with Crippen LogP contribution in [0.15, 0.2) is 60.7 Å². The van der Waals surface area contributed by atoms with E-state index in [4.69, 9.17) is 14.2 Å². The summed E-state index contributed by atoms with van der Waals surface area (Å²) in [5.74, 6) is 0. The molecule has 1 aliphatic carbocycles. The first-order chi connectivity index (χ1) is 15.2. The Morgan fingerprint density at radius 3 is 2.03 bits per heavy atom. The van der Waals surface area contributed by atoms with Crippen LogP contribution >= 0.6 is 0 Å². The lowest BCUT2D eigenvalue weighted by molar-refractivity contribution is -0.0912. The van der Waals surface area contributed by atoms with E-state index in [1.165, 1.54) is 0 Å². The van der Waals surface area contributed by atoms with Gasteiger partial charge in [0.2, 0.25) is 0 Å². The Morgan fingerprint density at radius 2 is 1.48 bits per heavy atom. The molecule has 0 bridgehead atoms. The average Bonchev–Trinajstić information content (AvgIpc) is 3.16. The van der Waals surface area contributed by atoms with Gasteiger partial charge in [0.15, 0.2) is 0 Å². The average molecular weight is 428 g/mol. The highest BCUT2D eigenvalue weighted by atomic mass is 16.6. The van der Waals surface area contributed by atoms with Crippen LogP contribution in [-0.4, -0.2) is 49.2 Å². The van der Waals surface area contributed by atoms with Gasteiger partial charge < -0.3 is 24.6 Å². The molecule has 2 aromatic carbocycles. The first-order valence-corrected chi connectivity index (χ1v) is 11.5. The second-order valence-corrected chi connectivity index (χ2v) is 8.31. The Morgan fingerprint density at radius 1 is 0.903 bits per heavy atom. The van der Waals surface area contributed by atoms with E-state index in [0.717, 1.165) is 36.8 Å². The number of hydrogen-bond donors (Lipinski definition) is 2. The molecule has 0 heterocycles. The van der Waals surface area contributed by atoms with E-state index >= 15 is 0 Å². The quantitative estimate of drug-likeness (QED) is 0.504. The van der Waals surface area contributed by atoms with Crippen LogP contribution in [0.1, 0.15) is 43.7 Å². The van der Waals surface area contributed by atoms with E-state index in [2.05, 4.69) is 36.5 Å². The first kappa shape index (κ1) is 23.9. The van der Waals surface area contributed by atoms with Crippen LogP contribution in [0.3, 0.4) is 0 Å². The van der Waals surface area contributed by atoms with Gasteiger partial charge in [-0.3, -0.25) is 0 Å². The lowest BCUT2D eigenvalue weighted by Gasteiger charge is -2.27. The molecule has 2 aromatic rings. The molecule has 2 N–H and O–H groups in total. The summed E-state index contributed by atoms with van der Waals surface area (Å²) in [6.07, 6.45) is 2.83. The summed E-state index contributed by atoms with van der Waals surface area (Å²) in [7, 11) is 1.94. The summed E-state index contributed by atoms with van der Waals surface area (Å²) in [4.78, 5) is 0. The summed E-state index contributed by atoms with van der Waals surface area (Å²) in [6, 6.07) is 20.4. The van der Waals surface area contributed by atoms with Crippen molar-refractivity contribution in [2.24, 2.45) is 0 Å². The Hall–Kier alpha value is -1.76. The van der Waals surface area contributed by atoms with Gasteiger partial charge >= 0.3 is 0 Å². The van der Waals surface area contributed by atoms with Gasteiger partial charge in [0.25, 0.3) is 0 Å². The summed E-state index contributed by atoms with van der Waals surface area (Å²) < 4.78 is 18.8. The fourth-order valence-electron chi connectivity index (χ4n) is 4.15. The molecular formula is C26H37NO4. The van der Waals surface area contributed by atoms with Gasteiger partial charge in [0.05, 0.1) is 44.2 Å². The fourth-order valence-corrected chi connectivity index (χ4v) is 4.15. The van der Waals surface area contributed by atoms with Crippen LogP contribution in [0.25, 0.3) is 0 Å². The molecule has 1 aliphatic rings. The predicted octanol–water partition coefficient (Wildman–Crippen LogP) is 4.09. The highest BCUT2D eigenvalue weighted by Crippen LogP contribution is 2.30. The molecule has 0 aliphatic heterocycles. The Bertz CT molecular complexity index is 727. The summed E-state index contributed by atoms with van der Waals surface area (Å²) in [5, 5.41) is 13.7. The maximum absolute atomic E-state index is 10.3. The van der Waals surface area contributed by atoms with E-state index in [-0.39, 0.29) is 24.4 Å². The standard InChI is InChI=1S/C26H37NO4/c1-3-4-15-22(28)19-31-26-24(30-18-21-13-9-6-10-14-21)16-23(25(26)27-2)29-17-20-11-7-5-8-12-20/h5-14,22-28H,3-4,15-19H2,1-2H3. The van der Waals surface area contributed by atoms with Crippen molar-refractivity contribution in [2.45, 2.75) is 76.3 Å². The molecule has 170 valence electrons. The monoisotopic (exact) mass is 427 g/mol. The third-order valence-electron chi connectivity index (χ3n) is 5.90. The van der Waals surface area contributed by atoms with Crippen molar-refractivity contribution < 1.29 is 19.3 Å². The lowest BCUT2D eigenvalue weighted by atomic mass is 10.1. The highest BCUT2D eigenvalue weighted by Gasteiger charge is 2.45. The van der Waals surface area contributed by atoms with Crippen molar-refractivity contribution in [1.29, 1.82) is 0 Å². The minimum atomic E-state index is -0.448. The number of aliphatic hydroxyl groups excluding tert-OH is 1. The van der Waals surface area contributed by atoms with Crippen molar-refractivity contribution in [1.82, 2.24) is 5.32 Å². The van der Waals surface area contributed by atoms with Gasteiger partial charge in [-0.05, 0) is 24.6 Å². The largest absolute Gasteiger partial charge is 0.391 e. The number of aliphatic hydroxyl groups is 1. The van der Waals surface area contributed by atoms with Crippen molar-refractivity contribution in [2.75, 3.05) is 13.7 Å². The molecule has 5 heteroatoms. The number of benzene rings is 2. The van der Waals surface area contributed by atoms with Crippen LogP contribution in [0.2, 0.25) is 0 Å². The Labute approximate surface area is 186 Å². The first-order valence-electron chi connectivity index (χ1n) is 11.5. The number of ether oxygens (including phenoxy) is 3. The molecule has 0 amide bonds. The highest BCUT2D eigenvalue weighted by molar-refractivity contribution is 5.14. The second-order valence-electron chi connectivity index (χ2n) is 8.31. The van der Waals surface area contributed by atoms with Crippen LogP contribution in [0, 0.1) is 0 Å². The van der Waals surface area contributed by atoms with Crippen molar-refractivity contribution in [3.8, 4) is 0 Å². The molecule has 0 aromatic heterocycles. The van der Waals surface area contributed by atoms with Gasteiger partial charge in [-0.2, -0.15) is 0 Å².